The molecule has 0 aliphatic rings. The highest BCUT2D eigenvalue weighted by Gasteiger charge is 2.24. The van der Waals surface area contributed by atoms with Crippen molar-refractivity contribution in [3.63, 3.8) is 0 Å². The number of esters is 1. The molecule has 0 fully saturated rings. The molecule has 6 heteroatoms. The topological polar surface area (TPSA) is 95.9 Å². The molecule has 0 saturated heterocycles. The highest BCUT2D eigenvalue weighted by Crippen LogP contribution is 2.18. The second-order valence-electron chi connectivity index (χ2n) is 17.2. The molecular weight excluding hydrogens is 719 g/mol. The van der Waals surface area contributed by atoms with Crippen molar-refractivity contribution in [2.45, 2.75) is 277 Å². The molecule has 340 valence electrons. The zero-order valence-corrected chi connectivity index (χ0v) is 38.7. The Morgan fingerprint density at radius 2 is 0.931 bits per heavy atom. The molecule has 3 atom stereocenters. The van der Waals surface area contributed by atoms with Gasteiger partial charge in [-0.05, 0) is 57.8 Å². The normalized spacial score (nSPS) is 13.5. The molecule has 0 rings (SSSR count). The molecule has 0 radical (unpaired) electrons. The maximum absolute atomic E-state index is 13.2. The fourth-order valence-electron chi connectivity index (χ4n) is 7.68. The molecule has 58 heavy (non-hydrogen) atoms. The van der Waals surface area contributed by atoms with Crippen molar-refractivity contribution < 1.29 is 24.5 Å². The van der Waals surface area contributed by atoms with E-state index in [2.05, 4.69) is 62.5 Å². The third kappa shape index (κ3) is 40.8. The molecule has 0 saturated carbocycles. The van der Waals surface area contributed by atoms with Gasteiger partial charge in [-0.3, -0.25) is 9.59 Å². The van der Waals surface area contributed by atoms with Crippen LogP contribution in [-0.2, 0) is 14.3 Å². The number of aliphatic hydroxyl groups excluding tert-OH is 2. The summed E-state index contributed by atoms with van der Waals surface area (Å²) in [5, 5.41) is 23.7. The number of amides is 1. The molecule has 1 amide bonds. The number of hydrogen-bond acceptors (Lipinski definition) is 5. The van der Waals surface area contributed by atoms with Crippen LogP contribution in [-0.4, -0.2) is 46.9 Å². The van der Waals surface area contributed by atoms with Crippen LogP contribution in [0.5, 0.6) is 0 Å². The summed E-state index contributed by atoms with van der Waals surface area (Å²) in [7, 11) is 0. The SMILES string of the molecule is CC/C=C/C/C=C/C/C=C/CCCCCCC(CC(=O)NC(CO)C(O)CCCCCCCCCCCC)OC(=O)CCCCCCCCCCCCCCCCC. The van der Waals surface area contributed by atoms with Crippen LogP contribution in [0.2, 0.25) is 0 Å². The Morgan fingerprint density at radius 3 is 1.41 bits per heavy atom. The van der Waals surface area contributed by atoms with Crippen molar-refractivity contribution in [1.82, 2.24) is 5.32 Å². The van der Waals surface area contributed by atoms with Gasteiger partial charge in [-0.15, -0.1) is 0 Å². The van der Waals surface area contributed by atoms with Gasteiger partial charge in [0.25, 0.3) is 0 Å². The lowest BCUT2D eigenvalue weighted by atomic mass is 10.0. The van der Waals surface area contributed by atoms with E-state index in [9.17, 15) is 19.8 Å². The number of ether oxygens (including phenoxy) is 1. The van der Waals surface area contributed by atoms with E-state index in [0.29, 0.717) is 19.3 Å². The van der Waals surface area contributed by atoms with Crippen molar-refractivity contribution in [2.75, 3.05) is 6.61 Å². The largest absolute Gasteiger partial charge is 0.462 e. The third-order valence-corrected chi connectivity index (χ3v) is 11.5. The number of aliphatic hydroxyl groups is 2. The van der Waals surface area contributed by atoms with Crippen LogP contribution in [0.1, 0.15) is 258 Å². The van der Waals surface area contributed by atoms with E-state index in [0.717, 1.165) is 89.9 Å². The van der Waals surface area contributed by atoms with Gasteiger partial charge in [0, 0.05) is 6.42 Å². The van der Waals surface area contributed by atoms with Crippen molar-refractivity contribution >= 4 is 11.9 Å². The fourth-order valence-corrected chi connectivity index (χ4v) is 7.68. The van der Waals surface area contributed by atoms with E-state index in [1.165, 1.54) is 122 Å². The van der Waals surface area contributed by atoms with Crippen LogP contribution < -0.4 is 5.32 Å². The number of nitrogens with one attached hydrogen (secondary N) is 1. The van der Waals surface area contributed by atoms with E-state index < -0.39 is 18.2 Å². The quantitative estimate of drug-likeness (QED) is 0.0323. The van der Waals surface area contributed by atoms with Crippen molar-refractivity contribution in [3.8, 4) is 0 Å². The predicted octanol–water partition coefficient (Wildman–Crippen LogP) is 14.9. The first-order valence-electron chi connectivity index (χ1n) is 25.2. The fraction of sp³-hybridized carbons (Fsp3) is 0.846. The minimum absolute atomic E-state index is 0.0660. The summed E-state index contributed by atoms with van der Waals surface area (Å²) >= 11 is 0. The highest BCUT2D eigenvalue weighted by molar-refractivity contribution is 5.77. The van der Waals surface area contributed by atoms with Crippen molar-refractivity contribution in [2.24, 2.45) is 0 Å². The number of rotatable bonds is 45. The molecule has 0 aliphatic heterocycles. The monoisotopic (exact) mass is 816 g/mol. The Labute approximate surface area is 360 Å². The second-order valence-corrected chi connectivity index (χ2v) is 17.2. The van der Waals surface area contributed by atoms with Gasteiger partial charge < -0.3 is 20.3 Å². The van der Waals surface area contributed by atoms with E-state index in [1.807, 2.05) is 0 Å². The van der Waals surface area contributed by atoms with Gasteiger partial charge in [-0.1, -0.05) is 224 Å². The summed E-state index contributed by atoms with van der Waals surface area (Å²) in [6, 6.07) is -0.704. The molecule has 0 aromatic carbocycles. The van der Waals surface area contributed by atoms with Crippen LogP contribution in [0.4, 0.5) is 0 Å². The molecule has 0 bridgehead atoms. The van der Waals surface area contributed by atoms with Crippen LogP contribution in [0.25, 0.3) is 0 Å². The van der Waals surface area contributed by atoms with Gasteiger partial charge in [-0.2, -0.15) is 0 Å². The minimum atomic E-state index is -0.790. The van der Waals surface area contributed by atoms with E-state index >= 15 is 0 Å². The molecule has 3 N–H and O–H groups in total. The average Bonchev–Trinajstić information content (AvgIpc) is 3.22. The molecule has 0 aliphatic carbocycles. The van der Waals surface area contributed by atoms with Gasteiger partial charge in [0.2, 0.25) is 5.91 Å². The zero-order chi connectivity index (χ0) is 42.4. The summed E-state index contributed by atoms with van der Waals surface area (Å²) in [5.74, 6) is -0.487. The third-order valence-electron chi connectivity index (χ3n) is 11.5. The first-order chi connectivity index (χ1) is 28.5. The number of carbonyl (C=O) groups is 2. The Morgan fingerprint density at radius 1 is 0.517 bits per heavy atom. The summed E-state index contributed by atoms with van der Waals surface area (Å²) < 4.78 is 5.92. The Hall–Kier alpha value is -1.92. The Kier molecular flexibility index (Phi) is 44.6. The maximum atomic E-state index is 13.2. The maximum Gasteiger partial charge on any atom is 0.306 e. The van der Waals surface area contributed by atoms with Crippen molar-refractivity contribution in [3.05, 3.63) is 36.5 Å². The number of unbranched alkanes of at least 4 members (excludes halogenated alkanes) is 27. The lowest BCUT2D eigenvalue weighted by molar-refractivity contribution is -0.151. The number of carbonyl (C=O) groups excluding carboxylic acids is 2. The molecule has 0 spiro atoms. The lowest BCUT2D eigenvalue weighted by Gasteiger charge is -2.24. The van der Waals surface area contributed by atoms with Gasteiger partial charge >= 0.3 is 5.97 Å². The van der Waals surface area contributed by atoms with Gasteiger partial charge in [-0.25, -0.2) is 0 Å². The van der Waals surface area contributed by atoms with E-state index in [4.69, 9.17) is 4.74 Å². The first-order valence-corrected chi connectivity index (χ1v) is 25.2. The van der Waals surface area contributed by atoms with E-state index in [-0.39, 0.29) is 24.9 Å². The average molecular weight is 816 g/mol. The van der Waals surface area contributed by atoms with Gasteiger partial charge in [0.1, 0.15) is 6.10 Å². The molecule has 6 nitrogen and oxygen atoms in total. The van der Waals surface area contributed by atoms with Crippen LogP contribution in [0, 0.1) is 0 Å². The summed E-state index contributed by atoms with van der Waals surface area (Å²) in [4.78, 5) is 26.1. The molecule has 3 unspecified atom stereocenters. The standard InChI is InChI=1S/C52H97NO5/c1-4-7-10-13-16-19-22-24-26-28-30-33-36-39-42-45-52(57)58-48(43-40-37-34-31-29-27-25-23-20-17-14-11-8-5-2)46-51(56)53-49(47-54)50(55)44-41-38-35-32-21-18-15-12-9-6-3/h8,11,17,20,25,27,48-50,54-55H,4-7,9-10,12-16,18-19,21-24,26,28-47H2,1-3H3,(H,53,56)/b11-8+,20-17+,27-25+. The first kappa shape index (κ1) is 56.1. The van der Waals surface area contributed by atoms with Crippen molar-refractivity contribution in [1.29, 1.82) is 0 Å². The number of hydrogen-bond donors (Lipinski definition) is 3. The zero-order valence-electron chi connectivity index (χ0n) is 38.7. The van der Waals surface area contributed by atoms with Gasteiger partial charge in [0.15, 0.2) is 0 Å². The molecule has 0 heterocycles. The second kappa shape index (κ2) is 46.2. The minimum Gasteiger partial charge on any atom is -0.462 e. The number of allylic oxidation sites excluding steroid dienone is 6. The van der Waals surface area contributed by atoms with Crippen LogP contribution in [0.15, 0.2) is 36.5 Å². The summed E-state index contributed by atoms with van der Waals surface area (Å²) in [6.45, 7) is 6.36. The summed E-state index contributed by atoms with van der Waals surface area (Å²) in [5.41, 5.74) is 0. The summed E-state index contributed by atoms with van der Waals surface area (Å²) in [6.07, 6.45) is 53.5. The molecule has 0 aromatic heterocycles. The lowest BCUT2D eigenvalue weighted by Crippen LogP contribution is -2.46. The smallest absolute Gasteiger partial charge is 0.306 e. The van der Waals surface area contributed by atoms with E-state index in [1.54, 1.807) is 0 Å². The molecule has 0 aromatic rings. The highest BCUT2D eigenvalue weighted by atomic mass is 16.5. The van der Waals surface area contributed by atoms with Crippen LogP contribution in [0.3, 0.4) is 0 Å². The molecular formula is C52H97NO5. The Bertz CT molecular complexity index is 961. The Balaban J connectivity index is 4.59. The predicted molar refractivity (Wildman–Crippen MR) is 250 cm³/mol. The van der Waals surface area contributed by atoms with Crippen LogP contribution >= 0.6 is 0 Å². The van der Waals surface area contributed by atoms with Gasteiger partial charge in [0.05, 0.1) is 25.2 Å².